The Balaban J connectivity index is 2.89. The highest BCUT2D eigenvalue weighted by atomic mass is 32.2. The van der Waals surface area contributed by atoms with Crippen molar-refractivity contribution in [2.45, 2.75) is 31.2 Å². The van der Waals surface area contributed by atoms with Gasteiger partial charge in [-0.05, 0) is 44.5 Å². The Labute approximate surface area is 96.9 Å². The van der Waals surface area contributed by atoms with Gasteiger partial charge in [0.15, 0.2) is 0 Å². The van der Waals surface area contributed by atoms with Gasteiger partial charge in [0.2, 0.25) is 10.0 Å². The molecule has 0 fully saturated rings. The average Bonchev–Trinajstić information content (AvgIpc) is 2.17. The van der Waals surface area contributed by atoms with Gasteiger partial charge in [-0.2, -0.15) is 0 Å². The van der Waals surface area contributed by atoms with E-state index in [1.165, 1.54) is 0 Å². The third-order valence-electron chi connectivity index (χ3n) is 2.06. The van der Waals surface area contributed by atoms with Crippen molar-refractivity contribution in [3.05, 3.63) is 29.8 Å². The zero-order valence-electron chi connectivity index (χ0n) is 9.60. The molecule has 5 heteroatoms. The van der Waals surface area contributed by atoms with E-state index in [4.69, 9.17) is 5.73 Å². The van der Waals surface area contributed by atoms with E-state index in [2.05, 4.69) is 4.72 Å². The van der Waals surface area contributed by atoms with E-state index in [0.717, 1.165) is 12.0 Å². The van der Waals surface area contributed by atoms with Crippen molar-refractivity contribution in [1.82, 2.24) is 4.72 Å². The zero-order chi connectivity index (χ0) is 12.2. The van der Waals surface area contributed by atoms with Crippen LogP contribution in [0, 0.1) is 0 Å². The first-order valence-electron chi connectivity index (χ1n) is 5.27. The number of nitrogens with one attached hydrogen (secondary N) is 1. The molecule has 0 aromatic heterocycles. The monoisotopic (exact) mass is 242 g/mol. The van der Waals surface area contributed by atoms with Crippen LogP contribution in [0.25, 0.3) is 0 Å². The maximum absolute atomic E-state index is 11.8. The molecule has 0 radical (unpaired) electrons. The van der Waals surface area contributed by atoms with Crippen LogP contribution in [0.3, 0.4) is 0 Å². The summed E-state index contributed by atoms with van der Waals surface area (Å²) in [7, 11) is -3.37. The standard InChI is InChI=1S/C11H18N2O2S/c1-9(2)13-16(14,15)11-5-3-10(4-6-11)7-8-12/h3-6,9,13H,7-8,12H2,1-2H3. The first-order chi connectivity index (χ1) is 7.45. The molecule has 1 aromatic rings. The molecule has 1 rings (SSSR count). The maximum atomic E-state index is 11.8. The molecule has 0 bridgehead atoms. The van der Waals surface area contributed by atoms with Gasteiger partial charge in [-0.15, -0.1) is 0 Å². The lowest BCUT2D eigenvalue weighted by Gasteiger charge is -2.09. The van der Waals surface area contributed by atoms with Gasteiger partial charge in [-0.1, -0.05) is 12.1 Å². The van der Waals surface area contributed by atoms with E-state index < -0.39 is 10.0 Å². The first-order valence-corrected chi connectivity index (χ1v) is 6.75. The number of hydrogen-bond donors (Lipinski definition) is 2. The van der Waals surface area contributed by atoms with E-state index in [1.807, 2.05) is 0 Å². The van der Waals surface area contributed by atoms with Crippen molar-refractivity contribution in [2.24, 2.45) is 5.73 Å². The fourth-order valence-electron chi connectivity index (χ4n) is 1.38. The van der Waals surface area contributed by atoms with Gasteiger partial charge in [0.05, 0.1) is 4.90 Å². The smallest absolute Gasteiger partial charge is 0.240 e. The van der Waals surface area contributed by atoms with Gasteiger partial charge in [0.25, 0.3) is 0 Å². The molecule has 90 valence electrons. The van der Waals surface area contributed by atoms with Crippen LogP contribution in [0.5, 0.6) is 0 Å². The first kappa shape index (κ1) is 13.2. The Morgan fingerprint density at radius 2 is 1.81 bits per heavy atom. The fourth-order valence-corrected chi connectivity index (χ4v) is 2.63. The van der Waals surface area contributed by atoms with E-state index in [-0.39, 0.29) is 6.04 Å². The summed E-state index contributed by atoms with van der Waals surface area (Å²) >= 11 is 0. The zero-order valence-corrected chi connectivity index (χ0v) is 10.4. The van der Waals surface area contributed by atoms with Gasteiger partial charge in [0.1, 0.15) is 0 Å². The third-order valence-corrected chi connectivity index (χ3v) is 3.73. The molecule has 16 heavy (non-hydrogen) atoms. The minimum atomic E-state index is -3.37. The summed E-state index contributed by atoms with van der Waals surface area (Å²) in [6.45, 7) is 4.15. The second-order valence-electron chi connectivity index (χ2n) is 3.96. The quantitative estimate of drug-likeness (QED) is 0.805. The number of rotatable bonds is 5. The summed E-state index contributed by atoms with van der Waals surface area (Å²) in [5, 5.41) is 0. The van der Waals surface area contributed by atoms with Crippen LogP contribution in [0.1, 0.15) is 19.4 Å². The highest BCUT2D eigenvalue weighted by Crippen LogP contribution is 2.11. The summed E-state index contributed by atoms with van der Waals surface area (Å²) in [5.74, 6) is 0. The molecule has 0 spiro atoms. The van der Waals surface area contributed by atoms with Crippen LogP contribution in [-0.2, 0) is 16.4 Å². The van der Waals surface area contributed by atoms with E-state index >= 15 is 0 Å². The predicted octanol–water partition coefficient (Wildman–Crippen LogP) is 0.874. The van der Waals surface area contributed by atoms with Crippen molar-refractivity contribution in [3.63, 3.8) is 0 Å². The van der Waals surface area contributed by atoms with E-state index in [9.17, 15) is 8.42 Å². The number of benzene rings is 1. The van der Waals surface area contributed by atoms with Crippen LogP contribution >= 0.6 is 0 Å². The minimum Gasteiger partial charge on any atom is -0.330 e. The largest absolute Gasteiger partial charge is 0.330 e. The molecule has 0 aliphatic rings. The molecule has 0 saturated carbocycles. The lowest BCUT2D eigenvalue weighted by atomic mass is 10.2. The molecular weight excluding hydrogens is 224 g/mol. The predicted molar refractivity (Wildman–Crippen MR) is 64.7 cm³/mol. The average molecular weight is 242 g/mol. The van der Waals surface area contributed by atoms with Crippen LogP contribution < -0.4 is 10.5 Å². The summed E-state index contributed by atoms with van der Waals surface area (Å²) in [5.41, 5.74) is 6.47. The van der Waals surface area contributed by atoms with Crippen LogP contribution in [0.2, 0.25) is 0 Å². The molecule has 0 saturated heterocycles. The topological polar surface area (TPSA) is 72.2 Å². The lowest BCUT2D eigenvalue weighted by molar-refractivity contribution is 0.570. The third kappa shape index (κ3) is 3.59. The van der Waals surface area contributed by atoms with Crippen molar-refractivity contribution in [3.8, 4) is 0 Å². The summed E-state index contributed by atoms with van der Waals surface area (Å²) < 4.78 is 26.1. The van der Waals surface area contributed by atoms with Crippen LogP contribution in [0.4, 0.5) is 0 Å². The fraction of sp³-hybridized carbons (Fsp3) is 0.455. The molecule has 4 nitrogen and oxygen atoms in total. The SMILES string of the molecule is CC(C)NS(=O)(=O)c1ccc(CCN)cc1. The molecule has 0 unspecified atom stereocenters. The second-order valence-corrected chi connectivity index (χ2v) is 5.67. The number of sulfonamides is 1. The molecule has 0 atom stereocenters. The molecule has 0 heterocycles. The lowest BCUT2D eigenvalue weighted by Crippen LogP contribution is -2.30. The van der Waals surface area contributed by atoms with Gasteiger partial charge in [-0.25, -0.2) is 13.1 Å². The highest BCUT2D eigenvalue weighted by molar-refractivity contribution is 7.89. The molecule has 0 amide bonds. The Kier molecular flexibility index (Phi) is 4.46. The molecule has 1 aromatic carbocycles. The Morgan fingerprint density at radius 3 is 2.25 bits per heavy atom. The van der Waals surface area contributed by atoms with Crippen molar-refractivity contribution < 1.29 is 8.42 Å². The normalized spacial score (nSPS) is 12.0. The summed E-state index contributed by atoms with van der Waals surface area (Å²) in [6, 6.07) is 6.70. The molecule has 0 aliphatic carbocycles. The van der Waals surface area contributed by atoms with Crippen molar-refractivity contribution in [1.29, 1.82) is 0 Å². The molecule has 3 N–H and O–H groups in total. The van der Waals surface area contributed by atoms with Crippen LogP contribution in [-0.4, -0.2) is 21.0 Å². The maximum Gasteiger partial charge on any atom is 0.240 e. The van der Waals surface area contributed by atoms with Gasteiger partial charge >= 0.3 is 0 Å². The Bertz CT molecular complexity index is 424. The van der Waals surface area contributed by atoms with Crippen LogP contribution in [0.15, 0.2) is 29.2 Å². The Morgan fingerprint density at radius 1 is 1.25 bits per heavy atom. The molecule has 0 aliphatic heterocycles. The van der Waals surface area contributed by atoms with Gasteiger partial charge in [-0.3, -0.25) is 0 Å². The second kappa shape index (κ2) is 5.43. The summed E-state index contributed by atoms with van der Waals surface area (Å²) in [6.07, 6.45) is 0.762. The highest BCUT2D eigenvalue weighted by Gasteiger charge is 2.14. The molecular formula is C11H18N2O2S. The van der Waals surface area contributed by atoms with Gasteiger partial charge < -0.3 is 5.73 Å². The van der Waals surface area contributed by atoms with Crippen molar-refractivity contribution >= 4 is 10.0 Å². The Hall–Kier alpha value is -0.910. The van der Waals surface area contributed by atoms with Gasteiger partial charge in [0, 0.05) is 6.04 Å². The minimum absolute atomic E-state index is 0.103. The summed E-state index contributed by atoms with van der Waals surface area (Å²) in [4.78, 5) is 0.293. The van der Waals surface area contributed by atoms with E-state index in [1.54, 1.807) is 38.1 Å². The number of nitrogens with two attached hydrogens (primary N) is 1. The van der Waals surface area contributed by atoms with E-state index in [0.29, 0.717) is 11.4 Å². The van der Waals surface area contributed by atoms with Crippen molar-refractivity contribution in [2.75, 3.05) is 6.54 Å². The number of hydrogen-bond acceptors (Lipinski definition) is 3.